The lowest BCUT2D eigenvalue weighted by molar-refractivity contribution is 0.206. The predicted molar refractivity (Wildman–Crippen MR) is 131 cm³/mol. The third-order valence-corrected chi connectivity index (χ3v) is 6.71. The molecule has 0 bridgehead atoms. The number of hydrogen-bond donors (Lipinski definition) is 1. The fourth-order valence-corrected chi connectivity index (χ4v) is 4.72. The molecule has 1 N–H and O–H groups in total. The van der Waals surface area contributed by atoms with Crippen LogP contribution in [0.2, 0.25) is 0 Å². The van der Waals surface area contributed by atoms with Gasteiger partial charge in [0.25, 0.3) is 0 Å². The minimum Gasteiger partial charge on any atom is -0.366 e. The first-order valence-corrected chi connectivity index (χ1v) is 11.7. The van der Waals surface area contributed by atoms with Gasteiger partial charge in [-0.25, -0.2) is 9.37 Å². The molecule has 0 amide bonds. The molecule has 0 saturated carbocycles. The Morgan fingerprint density at radius 1 is 1.06 bits per heavy atom. The number of halogens is 1. The van der Waals surface area contributed by atoms with Crippen LogP contribution >= 0.6 is 0 Å². The van der Waals surface area contributed by atoms with Crippen molar-refractivity contribution < 1.29 is 4.39 Å². The number of hydrogen-bond acceptors (Lipinski definition) is 6. The number of nitrogens with zero attached hydrogens (tertiary/aromatic N) is 6. The van der Waals surface area contributed by atoms with E-state index in [2.05, 4.69) is 48.5 Å². The van der Waals surface area contributed by atoms with Crippen molar-refractivity contribution in [3.05, 3.63) is 48.8 Å². The predicted octanol–water partition coefficient (Wildman–Crippen LogP) is 3.78. The highest BCUT2D eigenvalue weighted by atomic mass is 19.1. The van der Waals surface area contributed by atoms with Crippen molar-refractivity contribution in [2.45, 2.75) is 13.8 Å². The molecule has 172 valence electrons. The molecule has 0 aliphatic carbocycles. The number of nitrogens with one attached hydrogen (secondary N) is 1. The molecular formula is C25H30FN7. The van der Waals surface area contributed by atoms with Gasteiger partial charge >= 0.3 is 0 Å². The van der Waals surface area contributed by atoms with Gasteiger partial charge in [-0.2, -0.15) is 0 Å². The van der Waals surface area contributed by atoms with Crippen LogP contribution in [0.3, 0.4) is 0 Å². The fourth-order valence-electron chi connectivity index (χ4n) is 4.72. The summed E-state index contributed by atoms with van der Waals surface area (Å²) < 4.78 is 15.2. The zero-order valence-corrected chi connectivity index (χ0v) is 19.3. The molecule has 0 spiro atoms. The number of rotatable bonds is 7. The molecule has 0 unspecified atom stereocenters. The number of H-pyrrole nitrogens is 1. The van der Waals surface area contributed by atoms with Crippen molar-refractivity contribution in [1.82, 2.24) is 29.7 Å². The van der Waals surface area contributed by atoms with Crippen LogP contribution in [0.5, 0.6) is 0 Å². The van der Waals surface area contributed by atoms with Gasteiger partial charge in [0.2, 0.25) is 0 Å². The SMILES string of the molecule is CCN(CC)CCN1CCN(c2c(F)cnc3[nH]c4cnc(-c5cccnc5)cc4c23)CC1. The van der Waals surface area contributed by atoms with Crippen LogP contribution in [-0.2, 0) is 0 Å². The highest BCUT2D eigenvalue weighted by Gasteiger charge is 2.24. The third kappa shape index (κ3) is 4.28. The van der Waals surface area contributed by atoms with E-state index in [9.17, 15) is 0 Å². The fraction of sp³-hybridized carbons (Fsp3) is 0.400. The van der Waals surface area contributed by atoms with Crippen LogP contribution in [0.1, 0.15) is 13.8 Å². The summed E-state index contributed by atoms with van der Waals surface area (Å²) in [5, 5.41) is 1.76. The number of aromatic nitrogens is 4. The normalized spacial score (nSPS) is 15.2. The molecule has 8 heteroatoms. The molecule has 1 saturated heterocycles. The summed E-state index contributed by atoms with van der Waals surface area (Å²) >= 11 is 0. The van der Waals surface area contributed by atoms with Gasteiger partial charge in [0, 0.05) is 62.6 Å². The smallest absolute Gasteiger partial charge is 0.165 e. The van der Waals surface area contributed by atoms with E-state index in [4.69, 9.17) is 0 Å². The van der Waals surface area contributed by atoms with Crippen LogP contribution < -0.4 is 4.90 Å². The van der Waals surface area contributed by atoms with Gasteiger partial charge in [0.05, 0.1) is 34.7 Å². The lowest BCUT2D eigenvalue weighted by atomic mass is 10.1. The average Bonchev–Trinajstić information content (AvgIpc) is 3.23. The zero-order valence-electron chi connectivity index (χ0n) is 19.3. The molecule has 1 fully saturated rings. The summed E-state index contributed by atoms with van der Waals surface area (Å²) in [5.74, 6) is -0.278. The van der Waals surface area contributed by atoms with E-state index in [1.807, 2.05) is 18.2 Å². The number of pyridine rings is 3. The Kier molecular flexibility index (Phi) is 6.20. The van der Waals surface area contributed by atoms with Crippen LogP contribution in [0, 0.1) is 5.82 Å². The van der Waals surface area contributed by atoms with Gasteiger partial charge in [0.1, 0.15) is 5.65 Å². The summed E-state index contributed by atoms with van der Waals surface area (Å²) in [7, 11) is 0. The van der Waals surface area contributed by atoms with Gasteiger partial charge in [-0.3, -0.25) is 14.9 Å². The minimum atomic E-state index is -0.278. The van der Waals surface area contributed by atoms with Gasteiger partial charge in [-0.1, -0.05) is 13.8 Å². The molecule has 1 aliphatic rings. The van der Waals surface area contributed by atoms with Gasteiger partial charge < -0.3 is 14.8 Å². The van der Waals surface area contributed by atoms with Crippen molar-refractivity contribution in [3.8, 4) is 11.3 Å². The number of anilines is 1. The first kappa shape index (κ1) is 21.7. The molecule has 33 heavy (non-hydrogen) atoms. The van der Waals surface area contributed by atoms with Crippen LogP contribution in [0.4, 0.5) is 10.1 Å². The number of likely N-dealkylation sites (N-methyl/N-ethyl adjacent to an activating group) is 1. The Morgan fingerprint density at radius 2 is 1.88 bits per heavy atom. The zero-order chi connectivity index (χ0) is 22.8. The van der Waals surface area contributed by atoms with Crippen molar-refractivity contribution in [2.75, 3.05) is 57.3 Å². The first-order chi connectivity index (χ1) is 16.2. The maximum Gasteiger partial charge on any atom is 0.165 e. The maximum absolute atomic E-state index is 15.2. The number of piperazine rings is 1. The van der Waals surface area contributed by atoms with E-state index < -0.39 is 0 Å². The second-order valence-corrected chi connectivity index (χ2v) is 8.52. The van der Waals surface area contributed by atoms with E-state index >= 15 is 4.39 Å². The summed E-state index contributed by atoms with van der Waals surface area (Å²) in [6.45, 7) is 12.1. The van der Waals surface area contributed by atoms with E-state index in [0.717, 1.165) is 79.9 Å². The Balaban J connectivity index is 1.45. The quantitative estimate of drug-likeness (QED) is 0.465. The van der Waals surface area contributed by atoms with Crippen LogP contribution in [-0.4, -0.2) is 82.1 Å². The maximum atomic E-state index is 15.2. The molecule has 7 nitrogen and oxygen atoms in total. The van der Waals surface area contributed by atoms with Crippen LogP contribution in [0.25, 0.3) is 33.2 Å². The van der Waals surface area contributed by atoms with Gasteiger partial charge in [0.15, 0.2) is 5.82 Å². The van der Waals surface area contributed by atoms with Gasteiger partial charge in [-0.05, 0) is 31.3 Å². The second-order valence-electron chi connectivity index (χ2n) is 8.52. The average molecular weight is 448 g/mol. The molecule has 1 aliphatic heterocycles. The Morgan fingerprint density at radius 3 is 2.61 bits per heavy atom. The standard InChI is InChI=1S/C25H30FN7/c1-3-31(4-2)8-9-32-10-12-33(13-11-32)24-20(26)16-29-25-23(24)19-14-21(28-17-22(19)30-25)18-6-5-7-27-15-18/h5-7,14-17H,3-4,8-13H2,1-2H3,(H,29,30). The molecule has 5 rings (SSSR count). The van der Waals surface area contributed by atoms with Crippen molar-refractivity contribution in [3.63, 3.8) is 0 Å². The molecule has 5 heterocycles. The van der Waals surface area contributed by atoms with Crippen molar-refractivity contribution in [1.29, 1.82) is 0 Å². The summed E-state index contributed by atoms with van der Waals surface area (Å²) in [4.78, 5) is 23.5. The Labute approximate surface area is 193 Å². The van der Waals surface area contributed by atoms with E-state index in [1.54, 1.807) is 18.6 Å². The summed E-state index contributed by atoms with van der Waals surface area (Å²) in [6.07, 6.45) is 6.66. The number of aromatic amines is 1. The lowest BCUT2D eigenvalue weighted by Gasteiger charge is -2.37. The van der Waals surface area contributed by atoms with Crippen LogP contribution in [0.15, 0.2) is 43.0 Å². The first-order valence-electron chi connectivity index (χ1n) is 11.7. The summed E-state index contributed by atoms with van der Waals surface area (Å²) in [6, 6.07) is 5.88. The minimum absolute atomic E-state index is 0.278. The van der Waals surface area contributed by atoms with E-state index in [-0.39, 0.29) is 5.82 Å². The Bertz CT molecular complexity index is 1230. The molecule has 0 atom stereocenters. The Hall–Kier alpha value is -3.10. The molecule has 0 aromatic carbocycles. The highest BCUT2D eigenvalue weighted by molar-refractivity contribution is 6.12. The molecular weight excluding hydrogens is 417 g/mol. The van der Waals surface area contributed by atoms with Gasteiger partial charge in [-0.15, -0.1) is 0 Å². The molecule has 4 aromatic heterocycles. The summed E-state index contributed by atoms with van der Waals surface area (Å²) in [5.41, 5.74) is 3.93. The molecule has 0 radical (unpaired) electrons. The highest BCUT2D eigenvalue weighted by Crippen LogP contribution is 2.36. The number of fused-ring (bicyclic) bond motifs is 3. The molecule has 4 aromatic rings. The van der Waals surface area contributed by atoms with Crippen molar-refractivity contribution >= 4 is 27.6 Å². The second kappa shape index (κ2) is 9.41. The third-order valence-electron chi connectivity index (χ3n) is 6.71. The van der Waals surface area contributed by atoms with E-state index in [0.29, 0.717) is 11.3 Å². The largest absolute Gasteiger partial charge is 0.366 e. The van der Waals surface area contributed by atoms with Crippen molar-refractivity contribution in [2.24, 2.45) is 0 Å². The topological polar surface area (TPSA) is 64.2 Å². The monoisotopic (exact) mass is 447 g/mol. The lowest BCUT2D eigenvalue weighted by Crippen LogP contribution is -2.48. The van der Waals surface area contributed by atoms with E-state index in [1.165, 1.54) is 6.20 Å².